The van der Waals surface area contributed by atoms with E-state index in [0.29, 0.717) is 18.3 Å². The predicted molar refractivity (Wildman–Crippen MR) is 125 cm³/mol. The molecular formula is C24H31N5O4. The summed E-state index contributed by atoms with van der Waals surface area (Å²) in [7, 11) is 0. The largest absolute Gasteiger partial charge is 0.491 e. The summed E-state index contributed by atoms with van der Waals surface area (Å²) in [6.07, 6.45) is 2.05. The SMILES string of the molecule is CC(C)n1ncc2c(N[C@@H]3COC4OCC[C@H]43)cc(-c3cccc(OCC(O)CN)c3)nc21. The predicted octanol–water partition coefficient (Wildman–Crippen LogP) is 2.55. The molecule has 0 spiro atoms. The zero-order chi connectivity index (χ0) is 22.9. The minimum Gasteiger partial charge on any atom is -0.491 e. The van der Waals surface area contributed by atoms with Crippen LogP contribution in [0, 0.1) is 5.92 Å². The Hall–Kier alpha value is -2.72. The molecule has 4 atom stereocenters. The van der Waals surface area contributed by atoms with E-state index in [0.717, 1.165) is 41.0 Å². The van der Waals surface area contributed by atoms with Gasteiger partial charge in [0.2, 0.25) is 0 Å². The lowest BCUT2D eigenvalue weighted by molar-refractivity contribution is -0.0904. The number of nitrogens with two attached hydrogens (primary N) is 1. The number of fused-ring (bicyclic) bond motifs is 2. The molecule has 4 N–H and O–H groups in total. The van der Waals surface area contributed by atoms with Crippen molar-refractivity contribution in [1.82, 2.24) is 14.8 Å². The Bertz CT molecular complexity index is 1120. The van der Waals surface area contributed by atoms with Crippen LogP contribution in [0.15, 0.2) is 36.5 Å². The van der Waals surface area contributed by atoms with Crippen molar-refractivity contribution in [3.63, 3.8) is 0 Å². The monoisotopic (exact) mass is 453 g/mol. The van der Waals surface area contributed by atoms with Gasteiger partial charge in [-0.15, -0.1) is 0 Å². The topological polar surface area (TPSA) is 117 Å². The number of aliphatic hydroxyl groups is 1. The highest BCUT2D eigenvalue weighted by Gasteiger charge is 2.41. The molecule has 9 heteroatoms. The maximum atomic E-state index is 9.72. The molecule has 33 heavy (non-hydrogen) atoms. The first-order valence-corrected chi connectivity index (χ1v) is 11.5. The highest BCUT2D eigenvalue weighted by molar-refractivity contribution is 5.92. The van der Waals surface area contributed by atoms with Gasteiger partial charge in [-0.3, -0.25) is 0 Å². The maximum absolute atomic E-state index is 9.72. The molecule has 2 aliphatic heterocycles. The number of hydrogen-bond acceptors (Lipinski definition) is 8. The van der Waals surface area contributed by atoms with E-state index >= 15 is 0 Å². The zero-order valence-electron chi connectivity index (χ0n) is 19.0. The molecule has 0 amide bonds. The van der Waals surface area contributed by atoms with Crippen LogP contribution < -0.4 is 15.8 Å². The molecule has 1 aromatic carbocycles. The first-order valence-electron chi connectivity index (χ1n) is 11.5. The Morgan fingerprint density at radius 2 is 2.18 bits per heavy atom. The van der Waals surface area contributed by atoms with Gasteiger partial charge in [0.25, 0.3) is 0 Å². The number of pyridine rings is 1. The average Bonchev–Trinajstić information content (AvgIpc) is 3.54. The Balaban J connectivity index is 1.50. The fourth-order valence-corrected chi connectivity index (χ4v) is 4.48. The molecule has 2 saturated heterocycles. The number of nitrogens with one attached hydrogen (secondary N) is 1. The van der Waals surface area contributed by atoms with Gasteiger partial charge >= 0.3 is 0 Å². The van der Waals surface area contributed by atoms with E-state index in [9.17, 15) is 5.11 Å². The number of anilines is 1. The van der Waals surface area contributed by atoms with Crippen molar-refractivity contribution >= 4 is 16.7 Å². The van der Waals surface area contributed by atoms with Gasteiger partial charge in [0.15, 0.2) is 11.9 Å². The molecule has 3 aromatic rings. The number of benzene rings is 1. The molecule has 2 fully saturated rings. The summed E-state index contributed by atoms with van der Waals surface area (Å²) in [5.74, 6) is 0.992. The molecule has 5 rings (SSSR count). The lowest BCUT2D eigenvalue weighted by atomic mass is 10.00. The molecule has 0 aliphatic carbocycles. The van der Waals surface area contributed by atoms with Gasteiger partial charge in [-0.1, -0.05) is 12.1 Å². The summed E-state index contributed by atoms with van der Waals surface area (Å²) in [5, 5.41) is 19.0. The van der Waals surface area contributed by atoms with Gasteiger partial charge in [0.1, 0.15) is 18.5 Å². The van der Waals surface area contributed by atoms with E-state index in [1.165, 1.54) is 0 Å². The van der Waals surface area contributed by atoms with Crippen LogP contribution in [0.4, 0.5) is 5.69 Å². The molecule has 2 aromatic heterocycles. The molecule has 0 bridgehead atoms. The third kappa shape index (κ3) is 4.41. The minimum atomic E-state index is -0.698. The minimum absolute atomic E-state index is 0.115. The summed E-state index contributed by atoms with van der Waals surface area (Å²) < 4.78 is 19.2. The number of hydrogen-bond donors (Lipinski definition) is 3. The van der Waals surface area contributed by atoms with Crippen molar-refractivity contribution in [2.45, 2.75) is 44.7 Å². The van der Waals surface area contributed by atoms with Gasteiger partial charge in [0.05, 0.1) is 36.5 Å². The van der Waals surface area contributed by atoms with Crippen LogP contribution in [0.5, 0.6) is 5.75 Å². The van der Waals surface area contributed by atoms with Crippen molar-refractivity contribution < 1.29 is 19.3 Å². The summed E-state index contributed by atoms with van der Waals surface area (Å²) in [6.45, 7) is 5.84. The normalized spacial score (nSPS) is 23.2. The van der Waals surface area contributed by atoms with E-state index < -0.39 is 6.10 Å². The van der Waals surface area contributed by atoms with Gasteiger partial charge in [0, 0.05) is 29.8 Å². The van der Waals surface area contributed by atoms with Crippen LogP contribution in [-0.2, 0) is 9.47 Å². The van der Waals surface area contributed by atoms with E-state index in [1.807, 2.05) is 35.1 Å². The van der Waals surface area contributed by atoms with Crippen molar-refractivity contribution in [2.75, 3.05) is 31.7 Å². The van der Waals surface area contributed by atoms with Gasteiger partial charge in [-0.25, -0.2) is 9.67 Å². The van der Waals surface area contributed by atoms with Gasteiger partial charge < -0.3 is 30.4 Å². The van der Waals surface area contributed by atoms with Crippen LogP contribution in [0.25, 0.3) is 22.3 Å². The second-order valence-corrected chi connectivity index (χ2v) is 8.98. The first kappa shape index (κ1) is 22.1. The molecular weight excluding hydrogens is 422 g/mol. The van der Waals surface area contributed by atoms with Crippen LogP contribution in [0.3, 0.4) is 0 Å². The second kappa shape index (κ2) is 9.26. The highest BCUT2D eigenvalue weighted by atomic mass is 16.7. The summed E-state index contributed by atoms with van der Waals surface area (Å²) >= 11 is 0. The lowest BCUT2D eigenvalue weighted by Crippen LogP contribution is -2.28. The molecule has 0 saturated carbocycles. The van der Waals surface area contributed by atoms with E-state index in [-0.39, 0.29) is 31.5 Å². The Kier molecular flexibility index (Phi) is 6.20. The van der Waals surface area contributed by atoms with E-state index in [2.05, 4.69) is 30.3 Å². The quantitative estimate of drug-likeness (QED) is 0.476. The average molecular weight is 454 g/mol. The number of nitrogens with zero attached hydrogens (tertiary/aromatic N) is 3. The fraction of sp³-hybridized carbons (Fsp3) is 0.500. The van der Waals surface area contributed by atoms with Gasteiger partial charge in [-0.2, -0.15) is 5.10 Å². The Labute approximate surface area is 192 Å². The van der Waals surface area contributed by atoms with Crippen LogP contribution in [0.2, 0.25) is 0 Å². The number of aromatic nitrogens is 3. The van der Waals surface area contributed by atoms with Crippen LogP contribution in [-0.4, -0.2) is 64.7 Å². The Morgan fingerprint density at radius 1 is 1.30 bits per heavy atom. The maximum Gasteiger partial charge on any atom is 0.162 e. The van der Waals surface area contributed by atoms with E-state index in [4.69, 9.17) is 24.9 Å². The second-order valence-electron chi connectivity index (χ2n) is 8.98. The summed E-state index contributed by atoms with van der Waals surface area (Å²) in [4.78, 5) is 4.96. The smallest absolute Gasteiger partial charge is 0.162 e. The fourth-order valence-electron chi connectivity index (χ4n) is 4.48. The molecule has 2 unspecified atom stereocenters. The van der Waals surface area contributed by atoms with E-state index in [1.54, 1.807) is 0 Å². The standard InChI is InChI=1S/C24H31N5O4/c1-14(2)29-23-19(11-26-29)21(27-22-13-33-24-18(22)6-7-31-24)9-20(28-23)15-4-3-5-17(8-15)32-12-16(30)10-25/h3-5,8-9,11,14,16,18,22,24,30H,6-7,10,12-13,25H2,1-2H3,(H,27,28)/t16?,18-,22+,24?/m0/s1. The summed E-state index contributed by atoms with van der Waals surface area (Å²) in [5.41, 5.74) is 9.02. The third-order valence-corrected chi connectivity index (χ3v) is 6.28. The zero-order valence-corrected chi connectivity index (χ0v) is 19.0. The molecule has 2 aliphatic rings. The molecule has 176 valence electrons. The van der Waals surface area contributed by atoms with Crippen molar-refractivity contribution in [3.8, 4) is 17.0 Å². The van der Waals surface area contributed by atoms with Crippen LogP contribution >= 0.6 is 0 Å². The molecule has 4 heterocycles. The number of ether oxygens (including phenoxy) is 3. The lowest BCUT2D eigenvalue weighted by Gasteiger charge is -2.19. The van der Waals surface area contributed by atoms with Gasteiger partial charge in [-0.05, 0) is 38.5 Å². The molecule has 0 radical (unpaired) electrons. The number of aliphatic hydroxyl groups excluding tert-OH is 1. The van der Waals surface area contributed by atoms with Crippen molar-refractivity contribution in [3.05, 3.63) is 36.5 Å². The first-order chi connectivity index (χ1) is 16.0. The Morgan fingerprint density at radius 3 is 3.00 bits per heavy atom. The highest BCUT2D eigenvalue weighted by Crippen LogP contribution is 2.36. The van der Waals surface area contributed by atoms with Crippen molar-refractivity contribution in [1.29, 1.82) is 0 Å². The third-order valence-electron chi connectivity index (χ3n) is 6.28. The van der Waals surface area contributed by atoms with Crippen LogP contribution in [0.1, 0.15) is 26.3 Å². The summed E-state index contributed by atoms with van der Waals surface area (Å²) in [6, 6.07) is 10.1. The number of rotatable bonds is 8. The van der Waals surface area contributed by atoms with Crippen molar-refractivity contribution in [2.24, 2.45) is 11.7 Å². The molecule has 9 nitrogen and oxygen atoms in total.